The van der Waals surface area contributed by atoms with Gasteiger partial charge in [-0.1, -0.05) is 12.2 Å². The Bertz CT molecular complexity index is 663. The molecule has 1 unspecified atom stereocenters. The van der Waals surface area contributed by atoms with Gasteiger partial charge in [-0.25, -0.2) is 8.42 Å². The first kappa shape index (κ1) is 19.0. The monoisotopic (exact) mass is 370 g/mol. The second kappa shape index (κ2) is 6.78. The highest BCUT2D eigenvalue weighted by molar-refractivity contribution is 7.93. The quantitative estimate of drug-likeness (QED) is 0.758. The number of hydrogen-bond donors (Lipinski definition) is 0. The number of hydrogen-bond acceptors (Lipinski definition) is 5. The molecule has 25 heavy (non-hydrogen) atoms. The summed E-state index contributed by atoms with van der Waals surface area (Å²) in [5, 5.41) is 0. The maximum Gasteiger partial charge on any atom is 0.245 e. The normalized spacial score (nSPS) is 31.0. The summed E-state index contributed by atoms with van der Waals surface area (Å²) in [6, 6.07) is 0.472. The molecule has 0 aromatic heterocycles. The Kier molecular flexibility index (Phi) is 5.16. The van der Waals surface area contributed by atoms with E-state index in [-0.39, 0.29) is 0 Å². The van der Waals surface area contributed by atoms with E-state index < -0.39 is 21.3 Å². The molecule has 1 atom stereocenters. The maximum atomic E-state index is 13.2. The van der Waals surface area contributed by atoms with E-state index in [1.54, 1.807) is 23.6 Å². The van der Waals surface area contributed by atoms with Gasteiger partial charge in [0.05, 0.1) is 17.1 Å². The number of nitrogens with zero attached hydrogens (tertiary/aromatic N) is 2. The van der Waals surface area contributed by atoms with Gasteiger partial charge in [-0.3, -0.25) is 0 Å². The van der Waals surface area contributed by atoms with E-state index in [1.165, 1.54) is 0 Å². The van der Waals surface area contributed by atoms with Gasteiger partial charge >= 0.3 is 0 Å². The number of allylic oxidation sites excluding steroid dienone is 1. The van der Waals surface area contributed by atoms with Gasteiger partial charge in [0, 0.05) is 45.6 Å². The van der Waals surface area contributed by atoms with Crippen molar-refractivity contribution in [2.45, 2.75) is 57.4 Å². The Hall–Kier alpha value is -0.730. The molecule has 0 radical (unpaired) electrons. The predicted octanol–water partition coefficient (Wildman–Crippen LogP) is 2.10. The molecule has 0 bridgehead atoms. The number of methoxy groups -OCH3 is 1. The molecule has 1 spiro atoms. The van der Waals surface area contributed by atoms with E-state index >= 15 is 0 Å². The SMILES string of the molecule is COC1(C)C=CC(S(=O)(=O)N2CCOC23CCN(C(C)C)CC3)=CC1. The average molecular weight is 371 g/mol. The number of rotatable bonds is 4. The summed E-state index contributed by atoms with van der Waals surface area (Å²) < 4.78 is 39.5. The van der Waals surface area contributed by atoms with Crippen LogP contribution in [0.5, 0.6) is 0 Å². The van der Waals surface area contributed by atoms with Crippen molar-refractivity contribution in [1.29, 1.82) is 0 Å². The molecule has 142 valence electrons. The third-order valence-corrected chi connectivity index (χ3v) is 7.79. The standard InChI is InChI=1S/C18H30N2O4S/c1-15(2)19-11-9-18(10-12-19)20(13-14-24-18)25(21,22)16-5-7-17(3,23-4)8-6-16/h5-7,15H,8-14H2,1-4H3. The molecule has 6 nitrogen and oxygen atoms in total. The smallest absolute Gasteiger partial charge is 0.245 e. The molecule has 0 amide bonds. The fourth-order valence-corrected chi connectivity index (χ4v) is 5.66. The molecule has 7 heteroatoms. The second-order valence-electron chi connectivity index (χ2n) is 7.66. The van der Waals surface area contributed by atoms with Crippen LogP contribution in [0, 0.1) is 0 Å². The minimum atomic E-state index is -3.56. The highest BCUT2D eigenvalue weighted by atomic mass is 32.2. The van der Waals surface area contributed by atoms with Gasteiger partial charge in [0.2, 0.25) is 10.0 Å². The molecule has 2 aliphatic heterocycles. The van der Waals surface area contributed by atoms with Crippen LogP contribution in [0.4, 0.5) is 0 Å². The molecule has 2 saturated heterocycles. The van der Waals surface area contributed by atoms with E-state index in [0.717, 1.165) is 25.9 Å². The summed E-state index contributed by atoms with van der Waals surface area (Å²) in [6.07, 6.45) is 7.28. The Labute approximate surface area is 151 Å². The largest absolute Gasteiger partial charge is 0.374 e. The topological polar surface area (TPSA) is 59.1 Å². The molecule has 0 N–H and O–H groups in total. The summed E-state index contributed by atoms with van der Waals surface area (Å²) in [7, 11) is -1.91. The fourth-order valence-electron chi connectivity index (χ4n) is 3.88. The number of ether oxygens (including phenoxy) is 2. The van der Waals surface area contributed by atoms with Gasteiger partial charge in [0.15, 0.2) is 0 Å². The zero-order valence-electron chi connectivity index (χ0n) is 15.7. The van der Waals surface area contributed by atoms with Gasteiger partial charge < -0.3 is 14.4 Å². The van der Waals surface area contributed by atoms with Crippen molar-refractivity contribution < 1.29 is 17.9 Å². The van der Waals surface area contributed by atoms with Crippen molar-refractivity contribution >= 4 is 10.0 Å². The van der Waals surface area contributed by atoms with Crippen LogP contribution in [0.2, 0.25) is 0 Å². The van der Waals surface area contributed by atoms with Crippen molar-refractivity contribution in [3.05, 3.63) is 23.1 Å². The molecule has 2 heterocycles. The Morgan fingerprint density at radius 1 is 1.24 bits per heavy atom. The Morgan fingerprint density at radius 2 is 1.92 bits per heavy atom. The summed E-state index contributed by atoms with van der Waals surface area (Å²) >= 11 is 0. The summed E-state index contributed by atoms with van der Waals surface area (Å²) in [4.78, 5) is 2.74. The van der Waals surface area contributed by atoms with Crippen molar-refractivity contribution in [2.75, 3.05) is 33.4 Å². The van der Waals surface area contributed by atoms with Gasteiger partial charge in [0.1, 0.15) is 5.72 Å². The summed E-state index contributed by atoms with van der Waals surface area (Å²) in [6.45, 7) is 8.91. The number of likely N-dealkylation sites (tertiary alicyclic amines) is 1. The van der Waals surface area contributed by atoms with Gasteiger partial charge in [-0.15, -0.1) is 0 Å². The highest BCUT2D eigenvalue weighted by Gasteiger charge is 2.51. The number of sulfonamides is 1. The van der Waals surface area contributed by atoms with Crippen LogP contribution in [0.25, 0.3) is 0 Å². The van der Waals surface area contributed by atoms with Crippen molar-refractivity contribution in [3.63, 3.8) is 0 Å². The van der Waals surface area contributed by atoms with E-state index in [0.29, 0.717) is 30.5 Å². The molecule has 0 saturated carbocycles. The third kappa shape index (κ3) is 3.45. The van der Waals surface area contributed by atoms with Crippen LogP contribution in [0.1, 0.15) is 40.0 Å². The van der Waals surface area contributed by atoms with Crippen LogP contribution >= 0.6 is 0 Å². The first-order chi connectivity index (χ1) is 11.7. The van der Waals surface area contributed by atoms with Crippen LogP contribution in [0.15, 0.2) is 23.1 Å². The lowest BCUT2D eigenvalue weighted by Gasteiger charge is -2.44. The third-order valence-electron chi connectivity index (χ3n) is 5.79. The lowest BCUT2D eigenvalue weighted by molar-refractivity contribution is -0.0939. The van der Waals surface area contributed by atoms with Gasteiger partial charge in [0.25, 0.3) is 0 Å². The van der Waals surface area contributed by atoms with E-state index in [1.807, 2.05) is 13.0 Å². The second-order valence-corrected chi connectivity index (χ2v) is 9.52. The van der Waals surface area contributed by atoms with Crippen LogP contribution < -0.4 is 0 Å². The zero-order valence-corrected chi connectivity index (χ0v) is 16.5. The molecular formula is C18H30N2O4S. The van der Waals surface area contributed by atoms with E-state index in [4.69, 9.17) is 9.47 Å². The zero-order chi connectivity index (χ0) is 18.3. The first-order valence-electron chi connectivity index (χ1n) is 9.08. The van der Waals surface area contributed by atoms with Gasteiger partial charge in [-0.05, 0) is 33.3 Å². The molecule has 0 aromatic carbocycles. The number of piperidine rings is 1. The molecule has 3 aliphatic rings. The molecule has 0 aromatic rings. The lowest BCUT2D eigenvalue weighted by Crippen LogP contribution is -2.55. The average Bonchev–Trinajstić information content (AvgIpc) is 2.99. The minimum Gasteiger partial charge on any atom is -0.374 e. The van der Waals surface area contributed by atoms with Crippen LogP contribution in [-0.2, 0) is 19.5 Å². The Balaban J connectivity index is 1.80. The van der Waals surface area contributed by atoms with Crippen LogP contribution in [-0.4, -0.2) is 68.3 Å². The summed E-state index contributed by atoms with van der Waals surface area (Å²) in [5.74, 6) is 0. The molecule has 2 fully saturated rings. The van der Waals surface area contributed by atoms with Crippen LogP contribution in [0.3, 0.4) is 0 Å². The predicted molar refractivity (Wildman–Crippen MR) is 97.5 cm³/mol. The van der Waals surface area contributed by atoms with Crippen molar-refractivity contribution in [1.82, 2.24) is 9.21 Å². The lowest BCUT2D eigenvalue weighted by atomic mass is 9.98. The molecule has 3 rings (SSSR count). The minimum absolute atomic E-state index is 0.359. The Morgan fingerprint density at radius 3 is 2.44 bits per heavy atom. The molecule has 1 aliphatic carbocycles. The highest BCUT2D eigenvalue weighted by Crippen LogP contribution is 2.39. The van der Waals surface area contributed by atoms with Gasteiger partial charge in [-0.2, -0.15) is 4.31 Å². The maximum absolute atomic E-state index is 13.2. The summed E-state index contributed by atoms with van der Waals surface area (Å²) in [5.41, 5.74) is -1.11. The first-order valence-corrected chi connectivity index (χ1v) is 10.5. The van der Waals surface area contributed by atoms with Crippen molar-refractivity contribution in [3.8, 4) is 0 Å². The van der Waals surface area contributed by atoms with E-state index in [9.17, 15) is 8.42 Å². The fraction of sp³-hybridized carbons (Fsp3) is 0.778. The van der Waals surface area contributed by atoms with E-state index in [2.05, 4.69) is 18.7 Å². The molecular weight excluding hydrogens is 340 g/mol. The van der Waals surface area contributed by atoms with Crippen molar-refractivity contribution in [2.24, 2.45) is 0 Å².